The molecule has 0 rings (SSSR count). The monoisotopic (exact) mass is 222 g/mol. The molecule has 0 amide bonds. The summed E-state index contributed by atoms with van der Waals surface area (Å²) in [5.74, 6) is -0.833. The van der Waals surface area contributed by atoms with Gasteiger partial charge in [-0.1, -0.05) is 0 Å². The number of carboxylic acids is 1. The van der Waals surface area contributed by atoms with E-state index in [2.05, 4.69) is 6.92 Å². The van der Waals surface area contributed by atoms with Crippen LogP contribution in [0.1, 0.15) is 20.8 Å². The Balaban J connectivity index is -0.0000000273. The summed E-state index contributed by atoms with van der Waals surface area (Å²) >= 11 is 0. The van der Waals surface area contributed by atoms with E-state index in [0.29, 0.717) is 0 Å². The first-order chi connectivity index (χ1) is 4.15. The smallest absolute Gasteiger partial charge is 0.542 e. The zero-order valence-electron chi connectivity index (χ0n) is 6.47. The van der Waals surface area contributed by atoms with Crippen molar-refractivity contribution in [3.8, 4) is 0 Å². The predicted octanol–water partition coefficient (Wildman–Crippen LogP) is 1.04. The fraction of sp³-hybridized carbons (Fsp3) is 0.500. The first-order valence-corrected chi connectivity index (χ1v) is 2.34. The van der Waals surface area contributed by atoms with Crippen LogP contribution < -0.4 is 0 Å². The van der Waals surface area contributed by atoms with Gasteiger partial charge < -0.3 is 16.8 Å². The fourth-order valence-electron chi connectivity index (χ4n) is 0. The summed E-state index contributed by atoms with van der Waals surface area (Å²) in [6.07, 6.45) is 1.50. The zero-order valence-corrected chi connectivity index (χ0v) is 8.93. The van der Waals surface area contributed by atoms with E-state index in [4.69, 9.17) is 14.7 Å². The average Bonchev–Trinajstić information content (AvgIpc) is 1.71. The Kier molecular flexibility index (Phi) is 80.7. The molecule has 3 nitrogen and oxygen atoms in total. The van der Waals surface area contributed by atoms with E-state index in [1.165, 1.54) is 13.2 Å². The number of carboxylic acid groups (broad SMARTS) is 1. The molecule has 0 aliphatic heterocycles. The molecule has 0 spiro atoms. The van der Waals surface area contributed by atoms with Gasteiger partial charge in [0.1, 0.15) is 0 Å². The number of hydrogen-bond donors (Lipinski definition) is 1. The van der Waals surface area contributed by atoms with Gasteiger partial charge >= 0.3 is 26.2 Å². The van der Waals surface area contributed by atoms with Crippen LogP contribution in [0.3, 0.4) is 0 Å². The molecule has 0 aromatic carbocycles. The third-order valence-corrected chi connectivity index (χ3v) is 0. The van der Waals surface area contributed by atoms with E-state index in [1.54, 1.807) is 6.92 Å². The largest absolute Gasteiger partial charge is 2.00 e. The molecule has 10 heavy (non-hydrogen) atoms. The molecule has 0 fully saturated rings. The first-order valence-electron chi connectivity index (χ1n) is 2.34. The van der Waals surface area contributed by atoms with Gasteiger partial charge in [-0.15, -0.1) is 0 Å². The molecule has 0 atom stereocenters. The Hall–Kier alpha value is 0.0231. The third kappa shape index (κ3) is 741000. The Morgan fingerprint density at radius 1 is 1.50 bits per heavy atom. The van der Waals surface area contributed by atoms with Gasteiger partial charge in [-0.25, -0.2) is 0 Å². The summed E-state index contributed by atoms with van der Waals surface area (Å²) in [6, 6.07) is 0. The van der Waals surface area contributed by atoms with E-state index >= 15 is 0 Å². The Morgan fingerprint density at radius 3 is 1.50 bits per heavy atom. The minimum absolute atomic E-state index is 0. The molecule has 0 aliphatic rings. The Morgan fingerprint density at radius 2 is 1.50 bits per heavy atom. The quantitative estimate of drug-likeness (QED) is 0.624. The van der Waals surface area contributed by atoms with Crippen molar-refractivity contribution < 1.29 is 40.9 Å². The van der Waals surface area contributed by atoms with Gasteiger partial charge in [0.05, 0.1) is 0 Å². The topological polar surface area (TPSA) is 54.4 Å². The average molecular weight is 223 g/mol. The van der Waals surface area contributed by atoms with Crippen molar-refractivity contribution in [1.82, 2.24) is 0 Å². The standard InChI is InChI=1S/C2H4O2.C2H3O.C2H5.Zr/c1-2(3)4;1-2-3;1-2;/h1H3,(H,3,4);1H3;1H2,2H3;/q;2*-1;+2. The molecule has 4 heteroatoms. The molecular weight excluding hydrogens is 211 g/mol. The van der Waals surface area contributed by atoms with E-state index in [0.717, 1.165) is 6.92 Å². The maximum absolute atomic E-state index is 9.00. The molecule has 0 aliphatic carbocycles. The Labute approximate surface area is 80.9 Å². The van der Waals surface area contributed by atoms with E-state index in [9.17, 15) is 0 Å². The van der Waals surface area contributed by atoms with Crippen molar-refractivity contribution in [2.45, 2.75) is 20.8 Å². The molecule has 0 aromatic heterocycles. The molecule has 0 saturated heterocycles. The number of carbonyl (C=O) groups excluding carboxylic acids is 1. The van der Waals surface area contributed by atoms with Gasteiger partial charge in [0, 0.05) is 6.92 Å². The normalized spacial score (nSPS) is 4.40. The van der Waals surface area contributed by atoms with Crippen molar-refractivity contribution in [1.29, 1.82) is 0 Å². The molecule has 0 radical (unpaired) electrons. The minimum atomic E-state index is -0.833. The maximum atomic E-state index is 9.00. The molecular formula is C6H12O3Zr. The van der Waals surface area contributed by atoms with Crippen LogP contribution in [-0.4, -0.2) is 17.4 Å². The molecule has 0 unspecified atom stereocenters. The minimum Gasteiger partial charge on any atom is -0.542 e. The van der Waals surface area contributed by atoms with Crippen molar-refractivity contribution in [2.75, 3.05) is 0 Å². The van der Waals surface area contributed by atoms with Crippen LogP contribution in [0.2, 0.25) is 0 Å². The summed E-state index contributed by atoms with van der Waals surface area (Å²) in [5.41, 5.74) is 0. The summed E-state index contributed by atoms with van der Waals surface area (Å²) < 4.78 is 0. The molecule has 1 N–H and O–H groups in total. The SMILES string of the molecule is CC(=O)O.C[C-]=O.[CH2-]C.[Zr+2]. The van der Waals surface area contributed by atoms with Crippen LogP contribution in [0.4, 0.5) is 0 Å². The second-order valence-corrected chi connectivity index (χ2v) is 0.723. The van der Waals surface area contributed by atoms with Crippen LogP contribution in [0.25, 0.3) is 0 Å². The second-order valence-electron chi connectivity index (χ2n) is 0.723. The second kappa shape index (κ2) is 35.9. The Bertz CT molecular complexity index is 60.0. The van der Waals surface area contributed by atoms with Gasteiger partial charge in [0.2, 0.25) is 0 Å². The van der Waals surface area contributed by atoms with Crippen LogP contribution in [0.5, 0.6) is 0 Å². The van der Waals surface area contributed by atoms with Gasteiger partial charge in [0.15, 0.2) is 0 Å². The molecule has 0 bridgehead atoms. The molecule has 0 heterocycles. The van der Waals surface area contributed by atoms with Crippen molar-refractivity contribution >= 4 is 12.3 Å². The van der Waals surface area contributed by atoms with Crippen LogP contribution >= 0.6 is 0 Å². The van der Waals surface area contributed by atoms with E-state index < -0.39 is 5.97 Å². The predicted molar refractivity (Wildman–Crippen MR) is 35.7 cm³/mol. The van der Waals surface area contributed by atoms with Gasteiger partial charge in [-0.2, -0.15) is 13.8 Å². The van der Waals surface area contributed by atoms with E-state index in [-0.39, 0.29) is 26.2 Å². The number of aliphatic carboxylic acids is 1. The van der Waals surface area contributed by atoms with Crippen LogP contribution in [0.15, 0.2) is 0 Å². The van der Waals surface area contributed by atoms with Crippen LogP contribution in [-0.2, 0) is 35.8 Å². The van der Waals surface area contributed by atoms with Gasteiger partial charge in [-0.05, 0) is 0 Å². The van der Waals surface area contributed by atoms with Crippen LogP contribution in [0, 0.1) is 6.92 Å². The van der Waals surface area contributed by atoms with Gasteiger partial charge in [0.25, 0.3) is 5.97 Å². The first kappa shape index (κ1) is 22.5. The number of rotatable bonds is 0. The van der Waals surface area contributed by atoms with Crippen molar-refractivity contribution in [3.63, 3.8) is 0 Å². The summed E-state index contributed by atoms with van der Waals surface area (Å²) in [4.78, 5) is 17.7. The third-order valence-electron chi connectivity index (χ3n) is 0. The van der Waals surface area contributed by atoms with Gasteiger partial charge in [-0.3, -0.25) is 11.1 Å². The molecule has 0 saturated carbocycles. The zero-order chi connectivity index (χ0) is 8.28. The summed E-state index contributed by atoms with van der Waals surface area (Å²) in [7, 11) is 0. The van der Waals surface area contributed by atoms with Crippen molar-refractivity contribution in [3.05, 3.63) is 6.92 Å². The summed E-state index contributed by atoms with van der Waals surface area (Å²) in [6.45, 7) is 7.40. The fourth-order valence-corrected chi connectivity index (χ4v) is 0. The van der Waals surface area contributed by atoms with Crippen molar-refractivity contribution in [2.24, 2.45) is 0 Å². The molecule has 0 aromatic rings. The number of hydrogen-bond acceptors (Lipinski definition) is 2. The van der Waals surface area contributed by atoms with E-state index in [1.807, 2.05) is 0 Å². The summed E-state index contributed by atoms with van der Waals surface area (Å²) in [5, 5.41) is 7.42. The number of carbonyl (C=O) groups is 1. The molecule has 58 valence electrons. The maximum Gasteiger partial charge on any atom is 2.00 e.